The summed E-state index contributed by atoms with van der Waals surface area (Å²) < 4.78 is 0. The number of benzene rings is 1. The van der Waals surface area contributed by atoms with Gasteiger partial charge >= 0.3 is 0 Å². The minimum Gasteiger partial charge on any atom is -0.316 e. The summed E-state index contributed by atoms with van der Waals surface area (Å²) in [6, 6.07) is 6.32. The van der Waals surface area contributed by atoms with Gasteiger partial charge < -0.3 is 5.32 Å². The molecule has 16 heavy (non-hydrogen) atoms. The van der Waals surface area contributed by atoms with Gasteiger partial charge in [0.25, 0.3) is 0 Å². The SMILES string of the molecule is CNC(Cc1ccc(Cl)cc1Cl)C1CCC1. The molecule has 0 aliphatic heterocycles. The summed E-state index contributed by atoms with van der Waals surface area (Å²) in [4.78, 5) is 0. The minimum absolute atomic E-state index is 0.549. The minimum atomic E-state index is 0.549. The molecule has 0 bridgehead atoms. The van der Waals surface area contributed by atoms with Crippen molar-refractivity contribution in [3.8, 4) is 0 Å². The molecule has 0 saturated heterocycles. The van der Waals surface area contributed by atoms with Gasteiger partial charge in [-0.15, -0.1) is 0 Å². The predicted octanol–water partition coefficient (Wildman–Crippen LogP) is 3.92. The number of likely N-dealkylation sites (N-methyl/N-ethyl adjacent to an activating group) is 1. The quantitative estimate of drug-likeness (QED) is 0.863. The van der Waals surface area contributed by atoms with E-state index >= 15 is 0 Å². The Morgan fingerprint density at radius 2 is 2.12 bits per heavy atom. The molecule has 1 nitrogen and oxygen atoms in total. The van der Waals surface area contributed by atoms with Gasteiger partial charge in [0.1, 0.15) is 0 Å². The van der Waals surface area contributed by atoms with Gasteiger partial charge in [-0.05, 0) is 49.9 Å². The second-order valence-corrected chi connectivity index (χ2v) is 5.37. The summed E-state index contributed by atoms with van der Waals surface area (Å²) in [6.45, 7) is 0. The normalized spacial score (nSPS) is 18.2. The van der Waals surface area contributed by atoms with Crippen LogP contribution in [0.15, 0.2) is 18.2 Å². The third-order valence-corrected chi connectivity index (χ3v) is 4.13. The average Bonchev–Trinajstić information content (AvgIpc) is 2.18. The lowest BCUT2D eigenvalue weighted by atomic mass is 9.78. The fraction of sp³-hybridized carbons (Fsp3) is 0.538. The van der Waals surface area contributed by atoms with Gasteiger partial charge in [0, 0.05) is 16.1 Å². The van der Waals surface area contributed by atoms with Crippen molar-refractivity contribution < 1.29 is 0 Å². The van der Waals surface area contributed by atoms with E-state index in [2.05, 4.69) is 5.32 Å². The zero-order valence-electron chi connectivity index (χ0n) is 9.47. The molecular formula is C13H17Cl2N. The lowest BCUT2D eigenvalue weighted by Gasteiger charge is -2.33. The Labute approximate surface area is 107 Å². The lowest BCUT2D eigenvalue weighted by molar-refractivity contribution is 0.236. The molecule has 1 aliphatic rings. The second kappa shape index (κ2) is 5.39. The Morgan fingerprint density at radius 3 is 2.62 bits per heavy atom. The Bertz CT molecular complexity index is 361. The van der Waals surface area contributed by atoms with E-state index in [9.17, 15) is 0 Å². The van der Waals surface area contributed by atoms with E-state index in [0.717, 1.165) is 17.4 Å². The third kappa shape index (κ3) is 2.71. The van der Waals surface area contributed by atoms with Crippen LogP contribution in [-0.2, 0) is 6.42 Å². The molecule has 1 aromatic carbocycles. The standard InChI is InChI=1S/C13H17Cl2N/c1-16-13(9-3-2-4-9)7-10-5-6-11(14)8-12(10)15/h5-6,8-9,13,16H,2-4,7H2,1H3. The van der Waals surface area contributed by atoms with E-state index in [1.807, 2.05) is 25.2 Å². The van der Waals surface area contributed by atoms with E-state index in [4.69, 9.17) is 23.2 Å². The number of nitrogens with one attached hydrogen (secondary N) is 1. The van der Waals surface area contributed by atoms with Crippen molar-refractivity contribution in [3.05, 3.63) is 33.8 Å². The van der Waals surface area contributed by atoms with Gasteiger partial charge in [0.15, 0.2) is 0 Å². The van der Waals surface area contributed by atoms with Gasteiger partial charge in [-0.2, -0.15) is 0 Å². The Kier molecular flexibility index (Phi) is 4.12. The van der Waals surface area contributed by atoms with Crippen LogP contribution < -0.4 is 5.32 Å². The molecule has 0 radical (unpaired) electrons. The molecular weight excluding hydrogens is 241 g/mol. The summed E-state index contributed by atoms with van der Waals surface area (Å²) in [6.07, 6.45) is 5.06. The summed E-state index contributed by atoms with van der Waals surface area (Å²) in [7, 11) is 2.03. The molecule has 0 aromatic heterocycles. The molecule has 3 heteroatoms. The summed E-state index contributed by atoms with van der Waals surface area (Å²) in [5.41, 5.74) is 1.19. The molecule has 1 saturated carbocycles. The maximum absolute atomic E-state index is 6.18. The molecule has 0 amide bonds. The van der Waals surface area contributed by atoms with Crippen molar-refractivity contribution >= 4 is 23.2 Å². The van der Waals surface area contributed by atoms with E-state index in [1.165, 1.54) is 24.8 Å². The van der Waals surface area contributed by atoms with Crippen molar-refractivity contribution in [2.75, 3.05) is 7.05 Å². The zero-order chi connectivity index (χ0) is 11.5. The summed E-state index contributed by atoms with van der Waals surface area (Å²) >= 11 is 12.1. The van der Waals surface area contributed by atoms with Crippen molar-refractivity contribution in [1.82, 2.24) is 5.32 Å². The first-order valence-electron chi connectivity index (χ1n) is 5.82. The lowest BCUT2D eigenvalue weighted by Crippen LogP contribution is -2.39. The van der Waals surface area contributed by atoms with Crippen molar-refractivity contribution in [2.24, 2.45) is 5.92 Å². The predicted molar refractivity (Wildman–Crippen MR) is 70.4 cm³/mol. The maximum atomic E-state index is 6.18. The first-order valence-corrected chi connectivity index (χ1v) is 6.57. The van der Waals surface area contributed by atoms with E-state index in [-0.39, 0.29) is 0 Å². The number of hydrogen-bond acceptors (Lipinski definition) is 1. The van der Waals surface area contributed by atoms with Crippen LogP contribution in [0.2, 0.25) is 10.0 Å². The highest BCUT2D eigenvalue weighted by atomic mass is 35.5. The highest BCUT2D eigenvalue weighted by molar-refractivity contribution is 6.35. The summed E-state index contributed by atoms with van der Waals surface area (Å²) in [5, 5.41) is 4.89. The topological polar surface area (TPSA) is 12.0 Å². The van der Waals surface area contributed by atoms with E-state index < -0.39 is 0 Å². The van der Waals surface area contributed by atoms with Crippen LogP contribution in [-0.4, -0.2) is 13.1 Å². The molecule has 88 valence electrons. The zero-order valence-corrected chi connectivity index (χ0v) is 11.0. The summed E-state index contributed by atoms with van der Waals surface area (Å²) in [5.74, 6) is 0.816. The Hall–Kier alpha value is -0.240. The maximum Gasteiger partial charge on any atom is 0.0453 e. The van der Waals surface area contributed by atoms with Crippen LogP contribution in [0.1, 0.15) is 24.8 Å². The monoisotopic (exact) mass is 257 g/mol. The van der Waals surface area contributed by atoms with Gasteiger partial charge in [-0.3, -0.25) is 0 Å². The van der Waals surface area contributed by atoms with Crippen LogP contribution in [0, 0.1) is 5.92 Å². The third-order valence-electron chi connectivity index (χ3n) is 3.54. The van der Waals surface area contributed by atoms with E-state index in [0.29, 0.717) is 11.1 Å². The first kappa shape index (κ1) is 12.2. The van der Waals surface area contributed by atoms with Gasteiger partial charge in [0.2, 0.25) is 0 Å². The number of rotatable bonds is 4. The van der Waals surface area contributed by atoms with Gasteiger partial charge in [-0.1, -0.05) is 35.7 Å². The average molecular weight is 258 g/mol. The van der Waals surface area contributed by atoms with Crippen LogP contribution in [0.25, 0.3) is 0 Å². The van der Waals surface area contributed by atoms with E-state index in [1.54, 1.807) is 0 Å². The second-order valence-electron chi connectivity index (χ2n) is 4.53. The van der Waals surface area contributed by atoms with Crippen LogP contribution in [0.4, 0.5) is 0 Å². The first-order chi connectivity index (χ1) is 7.70. The largest absolute Gasteiger partial charge is 0.316 e. The van der Waals surface area contributed by atoms with Crippen LogP contribution in [0.5, 0.6) is 0 Å². The molecule has 1 aromatic rings. The molecule has 1 atom stereocenters. The molecule has 1 unspecified atom stereocenters. The van der Waals surface area contributed by atoms with Crippen LogP contribution in [0.3, 0.4) is 0 Å². The molecule has 1 N–H and O–H groups in total. The smallest absolute Gasteiger partial charge is 0.0453 e. The molecule has 2 rings (SSSR count). The molecule has 1 fully saturated rings. The highest BCUT2D eigenvalue weighted by Crippen LogP contribution is 2.32. The fourth-order valence-electron chi connectivity index (χ4n) is 2.27. The molecule has 0 spiro atoms. The van der Waals surface area contributed by atoms with Gasteiger partial charge in [0.05, 0.1) is 0 Å². The Morgan fingerprint density at radius 1 is 1.38 bits per heavy atom. The number of hydrogen-bond donors (Lipinski definition) is 1. The molecule has 1 aliphatic carbocycles. The van der Waals surface area contributed by atoms with Crippen LogP contribution >= 0.6 is 23.2 Å². The van der Waals surface area contributed by atoms with Crippen molar-refractivity contribution in [1.29, 1.82) is 0 Å². The van der Waals surface area contributed by atoms with Crippen molar-refractivity contribution in [2.45, 2.75) is 31.7 Å². The molecule has 0 heterocycles. The Balaban J connectivity index is 2.06. The fourth-order valence-corrected chi connectivity index (χ4v) is 2.76. The highest BCUT2D eigenvalue weighted by Gasteiger charge is 2.26. The van der Waals surface area contributed by atoms with Crippen molar-refractivity contribution in [3.63, 3.8) is 0 Å². The number of halogens is 2. The van der Waals surface area contributed by atoms with Gasteiger partial charge in [-0.25, -0.2) is 0 Å².